The van der Waals surface area contributed by atoms with E-state index in [0.717, 1.165) is 5.56 Å². The van der Waals surface area contributed by atoms with Gasteiger partial charge in [0.2, 0.25) is 5.88 Å². The number of aliphatic hydroxyl groups excluding tert-OH is 1. The molecule has 0 aliphatic carbocycles. The third-order valence-electron chi connectivity index (χ3n) is 6.24. The van der Waals surface area contributed by atoms with Crippen molar-refractivity contribution in [1.29, 1.82) is 0 Å². The molecule has 5 rings (SSSR count). The summed E-state index contributed by atoms with van der Waals surface area (Å²) >= 11 is 0. The Labute approximate surface area is 196 Å². The maximum absolute atomic E-state index is 13.5. The Morgan fingerprint density at radius 1 is 1.35 bits per heavy atom. The normalized spacial score (nSPS) is 21.4. The summed E-state index contributed by atoms with van der Waals surface area (Å²) in [6.07, 6.45) is 4.42. The number of carbonyl (C=O) groups is 1. The predicted octanol–water partition coefficient (Wildman–Crippen LogP) is 1.54. The number of aliphatic hydroxyl groups is 1. The third-order valence-corrected chi connectivity index (χ3v) is 6.24. The van der Waals surface area contributed by atoms with Gasteiger partial charge in [0.1, 0.15) is 17.3 Å². The van der Waals surface area contributed by atoms with E-state index in [1.807, 2.05) is 13.0 Å². The first-order valence-electron chi connectivity index (χ1n) is 11.4. The molecule has 2 N–H and O–H groups in total. The highest BCUT2D eigenvalue weighted by Crippen LogP contribution is 2.39. The van der Waals surface area contributed by atoms with E-state index >= 15 is 0 Å². The molecule has 1 amide bonds. The highest BCUT2D eigenvalue weighted by molar-refractivity contribution is 6.09. The molecular formula is C23H28FN7O3. The minimum absolute atomic E-state index is 0.144. The second kappa shape index (κ2) is 8.80. The van der Waals surface area contributed by atoms with E-state index in [1.54, 1.807) is 29.9 Å². The van der Waals surface area contributed by atoms with E-state index in [9.17, 15) is 14.3 Å². The first-order chi connectivity index (χ1) is 16.3. The number of nitrogens with zero attached hydrogens (tertiary/aromatic N) is 6. The molecule has 1 saturated heterocycles. The van der Waals surface area contributed by atoms with Gasteiger partial charge in [-0.15, -0.1) is 0 Å². The lowest BCUT2D eigenvalue weighted by Crippen LogP contribution is -2.48. The Hall–Kier alpha value is -3.31. The Balaban J connectivity index is 1.45. The van der Waals surface area contributed by atoms with Crippen molar-refractivity contribution >= 4 is 23.1 Å². The van der Waals surface area contributed by atoms with E-state index in [2.05, 4.69) is 25.2 Å². The minimum atomic E-state index is -0.886. The van der Waals surface area contributed by atoms with Gasteiger partial charge in [-0.25, -0.2) is 13.9 Å². The highest BCUT2D eigenvalue weighted by Gasteiger charge is 2.37. The average Bonchev–Trinajstić information content (AvgIpc) is 3.39. The fourth-order valence-electron chi connectivity index (χ4n) is 4.51. The van der Waals surface area contributed by atoms with Crippen LogP contribution < -0.4 is 15.0 Å². The SMILES string of the molecule is CC(F)CN1CCN(c2nc3c(cc2NC(=O)c2cnn4cccnc24)C[C@](C)(CO)O3)CC1. The van der Waals surface area contributed by atoms with E-state index in [4.69, 9.17) is 9.72 Å². The standard InChI is InChI=1S/C23H28FN7O3/c1-15(24)13-29-6-8-30(9-7-29)20-18(10-16-11-23(2,14-32)34-22(16)28-20)27-21(33)17-12-26-31-5-3-4-25-19(17)31/h3-5,10,12,15,32H,6-9,11,13-14H2,1-2H3,(H,27,33)/t15?,23-/m1/s1. The lowest BCUT2D eigenvalue weighted by molar-refractivity contribution is 0.0416. The Kier molecular flexibility index (Phi) is 5.82. The van der Waals surface area contributed by atoms with Crippen molar-refractivity contribution in [2.24, 2.45) is 0 Å². The van der Waals surface area contributed by atoms with Gasteiger partial charge in [0, 0.05) is 57.1 Å². The fourth-order valence-corrected chi connectivity index (χ4v) is 4.51. The number of aromatic nitrogens is 4. The molecule has 0 aromatic carbocycles. The molecule has 3 aromatic heterocycles. The van der Waals surface area contributed by atoms with E-state index < -0.39 is 11.8 Å². The summed E-state index contributed by atoms with van der Waals surface area (Å²) in [5.41, 5.74) is 1.43. The van der Waals surface area contributed by atoms with Crippen molar-refractivity contribution in [2.75, 3.05) is 49.5 Å². The first-order valence-corrected chi connectivity index (χ1v) is 11.4. The number of amides is 1. The maximum atomic E-state index is 13.5. The number of halogens is 1. The first kappa shape index (κ1) is 22.5. The average molecular weight is 470 g/mol. The van der Waals surface area contributed by atoms with E-state index in [1.165, 1.54) is 6.20 Å². The summed E-state index contributed by atoms with van der Waals surface area (Å²) < 4.78 is 21.0. The molecule has 180 valence electrons. The molecule has 2 atom stereocenters. The van der Waals surface area contributed by atoms with E-state index in [-0.39, 0.29) is 12.5 Å². The monoisotopic (exact) mass is 469 g/mol. The number of hydrogen-bond acceptors (Lipinski definition) is 8. The molecule has 10 nitrogen and oxygen atoms in total. The van der Waals surface area contributed by atoms with Crippen LogP contribution in [0.5, 0.6) is 5.88 Å². The lowest BCUT2D eigenvalue weighted by Gasteiger charge is -2.36. The number of fused-ring (bicyclic) bond motifs is 2. The van der Waals surface area contributed by atoms with Crippen LogP contribution in [0.2, 0.25) is 0 Å². The summed E-state index contributed by atoms with van der Waals surface area (Å²) in [5, 5.41) is 17.0. The second-order valence-electron chi connectivity index (χ2n) is 9.18. The van der Waals surface area contributed by atoms with Crippen molar-refractivity contribution in [2.45, 2.75) is 32.0 Å². The van der Waals surface area contributed by atoms with Crippen LogP contribution in [0.4, 0.5) is 15.9 Å². The number of hydrogen-bond donors (Lipinski definition) is 2. The van der Waals surface area contributed by atoms with Crippen LogP contribution in [0.15, 0.2) is 30.7 Å². The Morgan fingerprint density at radius 3 is 2.88 bits per heavy atom. The second-order valence-corrected chi connectivity index (χ2v) is 9.18. The third kappa shape index (κ3) is 4.28. The van der Waals surface area contributed by atoms with Crippen molar-refractivity contribution in [3.05, 3.63) is 41.9 Å². The fraction of sp³-hybridized carbons (Fsp3) is 0.478. The van der Waals surface area contributed by atoms with Gasteiger partial charge in [-0.3, -0.25) is 9.69 Å². The molecule has 0 spiro atoms. The van der Waals surface area contributed by atoms with Crippen LogP contribution in [0.25, 0.3) is 5.65 Å². The molecule has 3 aromatic rings. The van der Waals surface area contributed by atoms with Gasteiger partial charge in [-0.1, -0.05) is 0 Å². The summed E-state index contributed by atoms with van der Waals surface area (Å²) in [6, 6.07) is 3.61. The van der Waals surface area contributed by atoms with E-state index in [0.29, 0.717) is 67.7 Å². The van der Waals surface area contributed by atoms with Crippen LogP contribution in [-0.2, 0) is 6.42 Å². The molecule has 5 heterocycles. The largest absolute Gasteiger partial charge is 0.468 e. The Morgan fingerprint density at radius 2 is 2.15 bits per heavy atom. The summed E-state index contributed by atoms with van der Waals surface area (Å²) in [5.74, 6) is 0.708. The molecule has 11 heteroatoms. The smallest absolute Gasteiger partial charge is 0.261 e. The zero-order chi connectivity index (χ0) is 23.9. The van der Waals surface area contributed by atoms with Crippen LogP contribution in [0.1, 0.15) is 29.8 Å². The number of carbonyl (C=O) groups excluding carboxylic acids is 1. The topological polar surface area (TPSA) is 108 Å². The molecule has 0 bridgehead atoms. The van der Waals surface area contributed by atoms with Gasteiger partial charge >= 0.3 is 0 Å². The molecule has 0 radical (unpaired) electrons. The van der Waals surface area contributed by atoms with Crippen LogP contribution in [-0.4, -0.2) is 86.6 Å². The minimum Gasteiger partial charge on any atom is -0.468 e. The summed E-state index contributed by atoms with van der Waals surface area (Å²) in [7, 11) is 0. The number of piperazine rings is 1. The Bertz CT molecular complexity index is 1210. The number of rotatable bonds is 6. The van der Waals surface area contributed by atoms with Crippen molar-refractivity contribution in [3.63, 3.8) is 0 Å². The van der Waals surface area contributed by atoms with Gasteiger partial charge in [-0.05, 0) is 26.0 Å². The van der Waals surface area contributed by atoms with Crippen LogP contribution >= 0.6 is 0 Å². The summed E-state index contributed by atoms with van der Waals surface area (Å²) in [6.45, 7) is 6.29. The van der Waals surface area contributed by atoms with Gasteiger partial charge in [0.25, 0.3) is 5.91 Å². The maximum Gasteiger partial charge on any atom is 0.261 e. The number of pyridine rings is 1. The number of alkyl halides is 1. The molecule has 1 fully saturated rings. The molecule has 2 aliphatic rings. The molecule has 0 saturated carbocycles. The van der Waals surface area contributed by atoms with Crippen LogP contribution in [0, 0.1) is 0 Å². The zero-order valence-corrected chi connectivity index (χ0v) is 19.2. The van der Waals surface area contributed by atoms with Crippen molar-refractivity contribution in [3.8, 4) is 5.88 Å². The van der Waals surface area contributed by atoms with Gasteiger partial charge < -0.3 is 20.1 Å². The number of nitrogens with one attached hydrogen (secondary N) is 1. The van der Waals surface area contributed by atoms with Gasteiger partial charge in [-0.2, -0.15) is 10.1 Å². The molecule has 34 heavy (non-hydrogen) atoms. The van der Waals surface area contributed by atoms with Gasteiger partial charge in [0.05, 0.1) is 18.5 Å². The predicted molar refractivity (Wildman–Crippen MR) is 124 cm³/mol. The quantitative estimate of drug-likeness (QED) is 0.560. The van der Waals surface area contributed by atoms with Crippen molar-refractivity contribution in [1.82, 2.24) is 24.5 Å². The van der Waals surface area contributed by atoms with Gasteiger partial charge in [0.15, 0.2) is 11.5 Å². The van der Waals surface area contributed by atoms with Crippen LogP contribution in [0.3, 0.4) is 0 Å². The molecule has 1 unspecified atom stereocenters. The lowest BCUT2D eigenvalue weighted by atomic mass is 10.0. The molecule has 2 aliphatic heterocycles. The molecular weight excluding hydrogens is 441 g/mol. The number of ether oxygens (including phenoxy) is 1. The number of anilines is 2. The van der Waals surface area contributed by atoms with Crippen molar-refractivity contribution < 1.29 is 19.0 Å². The highest BCUT2D eigenvalue weighted by atomic mass is 19.1. The zero-order valence-electron chi connectivity index (χ0n) is 19.2. The summed E-state index contributed by atoms with van der Waals surface area (Å²) in [4.78, 5) is 26.4.